The van der Waals surface area contributed by atoms with Crippen LogP contribution >= 0.6 is 30.4 Å². The van der Waals surface area contributed by atoms with E-state index in [2.05, 4.69) is 40.2 Å². The highest BCUT2D eigenvalue weighted by atomic mass is 127. The first kappa shape index (κ1) is 23.3. The van der Waals surface area contributed by atoms with Gasteiger partial charge in [-0.25, -0.2) is 5.53 Å². The van der Waals surface area contributed by atoms with Crippen LogP contribution in [0.25, 0.3) is 0 Å². The quantitative estimate of drug-likeness (QED) is 0.116. The Labute approximate surface area is 161 Å². The molecule has 0 unspecified atom stereocenters. The maximum atomic E-state index is 7.44. The van der Waals surface area contributed by atoms with Gasteiger partial charge in [0.25, 0.3) is 0 Å². The van der Waals surface area contributed by atoms with Crippen LogP contribution in [-0.2, 0) is 4.18 Å². The highest BCUT2D eigenvalue weighted by molar-refractivity contribution is 14.2. The van der Waals surface area contributed by atoms with Gasteiger partial charge in [0.05, 0.1) is 22.4 Å². The topological polar surface area (TPSA) is 105 Å². The molecule has 24 heavy (non-hydrogen) atoms. The molecule has 0 radical (unpaired) electrons. The summed E-state index contributed by atoms with van der Waals surface area (Å²) in [5.41, 5.74) is 12.4. The van der Waals surface area contributed by atoms with Crippen molar-refractivity contribution in [2.45, 2.75) is 33.6 Å². The Morgan fingerprint density at radius 1 is 1.25 bits per heavy atom. The van der Waals surface area contributed by atoms with Crippen LogP contribution in [0.5, 0.6) is 5.75 Å². The van der Waals surface area contributed by atoms with Crippen molar-refractivity contribution in [1.82, 2.24) is 0 Å². The van der Waals surface area contributed by atoms with Gasteiger partial charge in [-0.1, -0.05) is 20.8 Å². The SMILES string of the molecule is CC(C)(CCOSI)CCOc1ccc(C(=N)N=N)cc1.CCN. The van der Waals surface area contributed by atoms with E-state index >= 15 is 0 Å². The normalized spacial score (nSPS) is 10.5. The zero-order valence-corrected chi connectivity index (χ0v) is 17.4. The predicted molar refractivity (Wildman–Crippen MR) is 109 cm³/mol. The molecule has 0 aromatic heterocycles. The van der Waals surface area contributed by atoms with E-state index in [-0.39, 0.29) is 11.3 Å². The molecule has 0 aliphatic carbocycles. The van der Waals surface area contributed by atoms with Crippen LogP contribution in [0.15, 0.2) is 29.4 Å². The maximum Gasteiger partial charge on any atom is 0.173 e. The number of hydrogen-bond acceptors (Lipinski definition) is 6. The Kier molecular flexibility index (Phi) is 13.2. The van der Waals surface area contributed by atoms with E-state index in [4.69, 9.17) is 25.6 Å². The van der Waals surface area contributed by atoms with Gasteiger partial charge < -0.3 is 14.7 Å². The summed E-state index contributed by atoms with van der Waals surface area (Å²) >= 11 is 2.12. The lowest BCUT2D eigenvalue weighted by Gasteiger charge is -2.24. The third-order valence-corrected chi connectivity index (χ3v) is 4.21. The third-order valence-electron chi connectivity index (χ3n) is 3.19. The lowest BCUT2D eigenvalue weighted by Crippen LogP contribution is -2.17. The lowest BCUT2D eigenvalue weighted by atomic mass is 9.86. The van der Waals surface area contributed by atoms with Crippen molar-refractivity contribution < 1.29 is 8.92 Å². The summed E-state index contributed by atoms with van der Waals surface area (Å²) in [5.74, 6) is 0.724. The summed E-state index contributed by atoms with van der Waals surface area (Å²) in [6.07, 6.45) is 1.94. The fourth-order valence-electron chi connectivity index (χ4n) is 1.69. The van der Waals surface area contributed by atoms with Gasteiger partial charge in [-0.3, -0.25) is 5.41 Å². The van der Waals surface area contributed by atoms with E-state index in [0.717, 1.165) is 31.7 Å². The molecule has 0 aliphatic heterocycles. The van der Waals surface area contributed by atoms with E-state index in [9.17, 15) is 0 Å². The molecule has 0 bridgehead atoms. The molecule has 4 N–H and O–H groups in total. The number of benzene rings is 1. The minimum atomic E-state index is -0.0455. The minimum Gasteiger partial charge on any atom is -0.494 e. The van der Waals surface area contributed by atoms with E-state index in [1.165, 1.54) is 9.21 Å². The van der Waals surface area contributed by atoms with Crippen LogP contribution in [0, 0.1) is 16.4 Å². The van der Waals surface area contributed by atoms with Gasteiger partial charge in [0.15, 0.2) is 5.84 Å². The zero-order chi connectivity index (χ0) is 18.4. The van der Waals surface area contributed by atoms with E-state index < -0.39 is 0 Å². The maximum absolute atomic E-state index is 7.44. The number of halogens is 1. The average molecular weight is 466 g/mol. The van der Waals surface area contributed by atoms with Gasteiger partial charge in [0, 0.05) is 26.8 Å². The van der Waals surface area contributed by atoms with Gasteiger partial charge in [0.2, 0.25) is 0 Å². The highest BCUT2D eigenvalue weighted by Crippen LogP contribution is 2.27. The van der Waals surface area contributed by atoms with E-state index in [0.29, 0.717) is 12.2 Å². The van der Waals surface area contributed by atoms with Gasteiger partial charge >= 0.3 is 0 Å². The van der Waals surface area contributed by atoms with E-state index in [1.807, 2.05) is 6.92 Å². The molecule has 0 heterocycles. The van der Waals surface area contributed by atoms with Crippen LogP contribution in [0.3, 0.4) is 0 Å². The fraction of sp³-hybridized carbons (Fsp3) is 0.562. The summed E-state index contributed by atoms with van der Waals surface area (Å²) in [7, 11) is 1.37. The second-order valence-electron chi connectivity index (χ2n) is 5.79. The number of nitrogens with zero attached hydrogens (tertiary/aromatic N) is 1. The number of ether oxygens (including phenoxy) is 1. The Morgan fingerprint density at radius 3 is 2.29 bits per heavy atom. The van der Waals surface area contributed by atoms with Crippen molar-refractivity contribution in [3.63, 3.8) is 0 Å². The summed E-state index contributed by atoms with van der Waals surface area (Å²) in [5, 5.41) is 10.5. The molecule has 8 heteroatoms. The molecular formula is C16H27IN4O2S. The third kappa shape index (κ3) is 11.0. The van der Waals surface area contributed by atoms with Gasteiger partial charge in [0.1, 0.15) is 5.75 Å². The lowest BCUT2D eigenvalue weighted by molar-refractivity contribution is 0.192. The molecule has 0 saturated heterocycles. The first-order valence-corrected chi connectivity index (χ1v) is 11.0. The van der Waals surface area contributed by atoms with Crippen molar-refractivity contribution in [2.24, 2.45) is 16.3 Å². The number of rotatable bonds is 9. The number of hydrogen-bond donors (Lipinski definition) is 3. The number of nitrogens with one attached hydrogen (secondary N) is 2. The molecule has 0 fully saturated rings. The second kappa shape index (κ2) is 13.6. The van der Waals surface area contributed by atoms with Crippen LogP contribution in [-0.4, -0.2) is 25.6 Å². The minimum absolute atomic E-state index is 0.0455. The Balaban J connectivity index is 0.00000163. The number of amidine groups is 1. The standard InChI is InChI=1S/C14H20IN3O2S.C2H7N/c1-14(2,8-10-20-21-15)7-9-19-12-5-3-11(4-6-12)13(16)18-17;1-2-3/h3-6,16-17H,7-10H2,1-2H3;2-3H2,1H3. The molecule has 6 nitrogen and oxygen atoms in total. The van der Waals surface area contributed by atoms with Crippen molar-refractivity contribution in [3.8, 4) is 5.75 Å². The van der Waals surface area contributed by atoms with Crippen molar-refractivity contribution in [3.05, 3.63) is 29.8 Å². The van der Waals surface area contributed by atoms with Crippen LogP contribution in [0.1, 0.15) is 39.2 Å². The Hall–Kier alpha value is -0.710. The van der Waals surface area contributed by atoms with E-state index in [1.54, 1.807) is 24.3 Å². The van der Waals surface area contributed by atoms with Crippen molar-refractivity contribution >= 4 is 36.3 Å². The molecule has 1 aromatic rings. The zero-order valence-electron chi connectivity index (χ0n) is 14.5. The predicted octanol–water partition coefficient (Wildman–Crippen LogP) is 5.21. The smallest absolute Gasteiger partial charge is 0.173 e. The van der Waals surface area contributed by atoms with Gasteiger partial charge in [-0.2, -0.15) is 0 Å². The Morgan fingerprint density at radius 2 is 1.79 bits per heavy atom. The summed E-state index contributed by atoms with van der Waals surface area (Å²) < 4.78 is 11.0. The van der Waals surface area contributed by atoms with Crippen LogP contribution in [0.4, 0.5) is 0 Å². The van der Waals surface area contributed by atoms with Gasteiger partial charge in [-0.15, -0.1) is 5.11 Å². The van der Waals surface area contributed by atoms with Gasteiger partial charge in [-0.05, 0) is 49.1 Å². The molecule has 1 rings (SSSR count). The molecule has 0 aliphatic rings. The van der Waals surface area contributed by atoms with Crippen LogP contribution < -0.4 is 10.5 Å². The molecule has 136 valence electrons. The van der Waals surface area contributed by atoms with Crippen LogP contribution in [0.2, 0.25) is 0 Å². The first-order valence-electron chi connectivity index (χ1n) is 7.69. The molecule has 0 amide bonds. The monoisotopic (exact) mass is 466 g/mol. The summed E-state index contributed by atoms with van der Waals surface area (Å²) in [6, 6.07) is 7.09. The largest absolute Gasteiger partial charge is 0.494 e. The van der Waals surface area contributed by atoms with Crippen molar-refractivity contribution in [1.29, 1.82) is 10.9 Å². The van der Waals surface area contributed by atoms with Crippen molar-refractivity contribution in [2.75, 3.05) is 19.8 Å². The fourth-order valence-corrected chi connectivity index (χ4v) is 2.38. The molecule has 0 saturated carbocycles. The molecule has 1 aromatic carbocycles. The number of nitrogens with two attached hydrogens (primary N) is 1. The summed E-state index contributed by atoms with van der Waals surface area (Å²) in [4.78, 5) is 0. The summed E-state index contributed by atoms with van der Waals surface area (Å²) in [6.45, 7) is 8.45. The first-order chi connectivity index (χ1) is 11.4. The molecule has 0 atom stereocenters. The molecular weight excluding hydrogens is 439 g/mol. The highest BCUT2D eigenvalue weighted by Gasteiger charge is 2.17. The second-order valence-corrected chi connectivity index (χ2v) is 7.23. The molecule has 0 spiro atoms. The Bertz CT molecular complexity index is 483. The average Bonchev–Trinajstić information content (AvgIpc) is 2.55.